The summed E-state index contributed by atoms with van der Waals surface area (Å²) in [7, 11) is 0. The first-order chi connectivity index (χ1) is 10.5. The Balaban J connectivity index is 2.31. The maximum Gasteiger partial charge on any atom is 0.205 e. The highest BCUT2D eigenvalue weighted by atomic mass is 35.5. The average molecular weight is 332 g/mol. The van der Waals surface area contributed by atoms with Crippen LogP contribution in [0.2, 0.25) is 10.0 Å². The smallest absolute Gasteiger partial charge is 0.205 e. The van der Waals surface area contributed by atoms with E-state index in [1.54, 1.807) is 36.4 Å². The fraction of sp³-hybridized carbons (Fsp3) is 0.0625. The van der Waals surface area contributed by atoms with Crippen LogP contribution in [0, 0.1) is 11.3 Å². The van der Waals surface area contributed by atoms with Crippen molar-refractivity contribution in [1.82, 2.24) is 0 Å². The molecule has 0 bridgehead atoms. The molecule has 2 aromatic carbocycles. The van der Waals surface area contributed by atoms with Gasteiger partial charge in [-0.05, 0) is 18.2 Å². The maximum atomic E-state index is 9.48. The molecular weight excluding hydrogens is 321 g/mol. The molecular formula is C16H11Cl2N3O. The molecule has 0 fully saturated rings. The molecule has 0 saturated carbocycles. The summed E-state index contributed by atoms with van der Waals surface area (Å²) in [5.74, 6) is 0.0367. The second kappa shape index (κ2) is 5.45. The molecule has 6 heteroatoms. The second-order valence-electron chi connectivity index (χ2n) is 4.86. The zero-order chi connectivity index (χ0) is 15.9. The SMILES string of the molecule is N#CC1=C(N)Oc2cc(N)ccc2[C@@H]1c1c(Cl)cccc1Cl. The Kier molecular flexibility index (Phi) is 3.61. The van der Waals surface area contributed by atoms with Gasteiger partial charge in [-0.2, -0.15) is 5.26 Å². The fourth-order valence-corrected chi connectivity index (χ4v) is 3.17. The monoisotopic (exact) mass is 331 g/mol. The standard InChI is InChI=1S/C16H11Cl2N3O/c17-11-2-1-3-12(18)15(11)14-9-5-4-8(20)6-13(9)22-16(21)10(14)7-19/h1-6,14H,20-21H2/t14-/m0/s1. The molecule has 0 radical (unpaired) electrons. The molecule has 1 aliphatic rings. The van der Waals surface area contributed by atoms with Crippen molar-refractivity contribution in [2.45, 2.75) is 5.92 Å². The first-order valence-electron chi connectivity index (χ1n) is 6.44. The Hall–Kier alpha value is -2.35. The predicted molar refractivity (Wildman–Crippen MR) is 86.6 cm³/mol. The average Bonchev–Trinajstić information content (AvgIpc) is 2.46. The van der Waals surface area contributed by atoms with E-state index in [0.29, 0.717) is 27.0 Å². The van der Waals surface area contributed by atoms with E-state index in [9.17, 15) is 5.26 Å². The zero-order valence-electron chi connectivity index (χ0n) is 11.3. The number of nitrogen functional groups attached to an aromatic ring is 1. The molecule has 0 spiro atoms. The minimum Gasteiger partial charge on any atom is -0.440 e. The first kappa shape index (κ1) is 14.6. The van der Waals surface area contributed by atoms with Crippen molar-refractivity contribution < 1.29 is 4.74 Å². The van der Waals surface area contributed by atoms with Crippen LogP contribution < -0.4 is 16.2 Å². The van der Waals surface area contributed by atoms with Crippen molar-refractivity contribution in [3.8, 4) is 11.8 Å². The minimum atomic E-state index is -0.490. The van der Waals surface area contributed by atoms with Crippen LogP contribution in [0.4, 0.5) is 5.69 Å². The molecule has 0 aromatic heterocycles. The van der Waals surface area contributed by atoms with Crippen molar-refractivity contribution in [2.75, 3.05) is 5.73 Å². The highest BCUT2D eigenvalue weighted by Crippen LogP contribution is 2.46. The fourth-order valence-electron chi connectivity index (χ4n) is 2.56. The number of hydrogen-bond acceptors (Lipinski definition) is 4. The van der Waals surface area contributed by atoms with E-state index in [2.05, 4.69) is 6.07 Å². The van der Waals surface area contributed by atoms with Gasteiger partial charge in [0.1, 0.15) is 17.4 Å². The number of benzene rings is 2. The van der Waals surface area contributed by atoms with E-state index in [-0.39, 0.29) is 11.5 Å². The molecule has 1 heterocycles. The van der Waals surface area contributed by atoms with Gasteiger partial charge in [0.25, 0.3) is 0 Å². The molecule has 110 valence electrons. The summed E-state index contributed by atoms with van der Waals surface area (Å²) in [6, 6.07) is 12.5. The van der Waals surface area contributed by atoms with E-state index < -0.39 is 5.92 Å². The number of allylic oxidation sites excluding steroid dienone is 1. The van der Waals surface area contributed by atoms with Crippen molar-refractivity contribution in [2.24, 2.45) is 5.73 Å². The second-order valence-corrected chi connectivity index (χ2v) is 5.67. The molecule has 4 N–H and O–H groups in total. The lowest BCUT2D eigenvalue weighted by Gasteiger charge is -2.27. The minimum absolute atomic E-state index is 0.0292. The number of fused-ring (bicyclic) bond motifs is 1. The highest BCUT2D eigenvalue weighted by Gasteiger charge is 2.33. The number of hydrogen-bond donors (Lipinski definition) is 2. The summed E-state index contributed by atoms with van der Waals surface area (Å²) in [5.41, 5.74) is 13.9. The molecule has 0 saturated heterocycles. The normalized spacial score (nSPS) is 16.7. The number of nitrogens with zero attached hydrogens (tertiary/aromatic N) is 1. The van der Waals surface area contributed by atoms with Gasteiger partial charge in [0.05, 0.1) is 5.92 Å². The van der Waals surface area contributed by atoms with Crippen LogP contribution in [0.5, 0.6) is 5.75 Å². The molecule has 0 unspecified atom stereocenters. The number of anilines is 1. The maximum absolute atomic E-state index is 9.48. The van der Waals surface area contributed by atoms with Crippen LogP contribution in [0.1, 0.15) is 17.0 Å². The summed E-state index contributed by atoms with van der Waals surface area (Å²) >= 11 is 12.6. The van der Waals surface area contributed by atoms with E-state index in [1.807, 2.05) is 0 Å². The van der Waals surface area contributed by atoms with Gasteiger partial charge in [-0.3, -0.25) is 0 Å². The lowest BCUT2D eigenvalue weighted by molar-refractivity contribution is 0.394. The summed E-state index contributed by atoms with van der Waals surface area (Å²) in [6.07, 6.45) is 0. The quantitative estimate of drug-likeness (QED) is 0.778. The number of nitrogens with two attached hydrogens (primary N) is 2. The summed E-state index contributed by atoms with van der Waals surface area (Å²) < 4.78 is 5.52. The summed E-state index contributed by atoms with van der Waals surface area (Å²) in [6.45, 7) is 0. The number of ether oxygens (including phenoxy) is 1. The molecule has 3 rings (SSSR count). The topological polar surface area (TPSA) is 85.1 Å². The molecule has 0 aliphatic carbocycles. The Morgan fingerprint density at radius 3 is 2.41 bits per heavy atom. The third kappa shape index (κ3) is 2.25. The molecule has 1 atom stereocenters. The highest BCUT2D eigenvalue weighted by molar-refractivity contribution is 6.36. The number of nitriles is 1. The lowest BCUT2D eigenvalue weighted by Crippen LogP contribution is -2.21. The van der Waals surface area contributed by atoms with Gasteiger partial charge < -0.3 is 16.2 Å². The van der Waals surface area contributed by atoms with Crippen LogP contribution >= 0.6 is 23.2 Å². The Morgan fingerprint density at radius 1 is 1.09 bits per heavy atom. The van der Waals surface area contributed by atoms with E-state index in [0.717, 1.165) is 5.56 Å². The van der Waals surface area contributed by atoms with E-state index in [1.165, 1.54) is 0 Å². The van der Waals surface area contributed by atoms with Crippen LogP contribution in [-0.2, 0) is 0 Å². The van der Waals surface area contributed by atoms with Gasteiger partial charge in [0, 0.05) is 32.9 Å². The van der Waals surface area contributed by atoms with Crippen LogP contribution in [0.25, 0.3) is 0 Å². The molecule has 22 heavy (non-hydrogen) atoms. The lowest BCUT2D eigenvalue weighted by atomic mass is 9.83. The van der Waals surface area contributed by atoms with Crippen molar-refractivity contribution >= 4 is 28.9 Å². The van der Waals surface area contributed by atoms with E-state index >= 15 is 0 Å². The molecule has 1 aliphatic heterocycles. The first-order valence-corrected chi connectivity index (χ1v) is 7.19. The van der Waals surface area contributed by atoms with Gasteiger partial charge in [-0.25, -0.2) is 0 Å². The Bertz CT molecular complexity index is 820. The van der Waals surface area contributed by atoms with Crippen LogP contribution in [0.15, 0.2) is 47.9 Å². The number of rotatable bonds is 1. The Morgan fingerprint density at radius 2 is 1.77 bits per heavy atom. The van der Waals surface area contributed by atoms with E-state index in [4.69, 9.17) is 39.4 Å². The zero-order valence-corrected chi connectivity index (χ0v) is 12.8. The largest absolute Gasteiger partial charge is 0.440 e. The third-order valence-electron chi connectivity index (χ3n) is 3.53. The van der Waals surface area contributed by atoms with Crippen molar-refractivity contribution in [1.29, 1.82) is 5.26 Å². The van der Waals surface area contributed by atoms with Gasteiger partial charge >= 0.3 is 0 Å². The van der Waals surface area contributed by atoms with Gasteiger partial charge in [-0.15, -0.1) is 0 Å². The number of halogens is 2. The van der Waals surface area contributed by atoms with Crippen LogP contribution in [-0.4, -0.2) is 0 Å². The molecule has 2 aromatic rings. The Labute approximate surface area is 137 Å². The summed E-state index contributed by atoms with van der Waals surface area (Å²) in [5, 5.41) is 10.4. The predicted octanol–water partition coefficient (Wildman–Crippen LogP) is 3.79. The molecule has 0 amide bonds. The van der Waals surface area contributed by atoms with Gasteiger partial charge in [0.15, 0.2) is 0 Å². The van der Waals surface area contributed by atoms with Gasteiger partial charge in [0.2, 0.25) is 5.88 Å². The van der Waals surface area contributed by atoms with Crippen LogP contribution in [0.3, 0.4) is 0 Å². The summed E-state index contributed by atoms with van der Waals surface area (Å²) in [4.78, 5) is 0. The van der Waals surface area contributed by atoms with Gasteiger partial charge in [-0.1, -0.05) is 35.3 Å². The molecule has 4 nitrogen and oxygen atoms in total. The van der Waals surface area contributed by atoms with Crippen molar-refractivity contribution in [3.63, 3.8) is 0 Å². The van der Waals surface area contributed by atoms with Crippen molar-refractivity contribution in [3.05, 3.63) is 69.0 Å². The third-order valence-corrected chi connectivity index (χ3v) is 4.19.